The van der Waals surface area contributed by atoms with Crippen molar-refractivity contribution >= 4 is 40.2 Å². The van der Waals surface area contributed by atoms with Gasteiger partial charge in [-0.1, -0.05) is 36.0 Å². The first-order chi connectivity index (χ1) is 12.2. The lowest BCUT2D eigenvalue weighted by Gasteiger charge is -2.07. The first kappa shape index (κ1) is 16.2. The van der Waals surface area contributed by atoms with Gasteiger partial charge in [0.05, 0.1) is 10.9 Å². The zero-order chi connectivity index (χ0) is 17.4. The van der Waals surface area contributed by atoms with Crippen LogP contribution in [0.3, 0.4) is 0 Å². The van der Waals surface area contributed by atoms with Crippen molar-refractivity contribution in [2.75, 3.05) is 6.26 Å². The van der Waals surface area contributed by atoms with Crippen molar-refractivity contribution in [3.8, 4) is 0 Å². The Morgan fingerprint density at radius 2 is 1.80 bits per heavy atom. The molecule has 2 aromatic heterocycles. The number of nitrogens with zero attached hydrogens (tertiary/aromatic N) is 4. The Kier molecular flexibility index (Phi) is 4.27. The average Bonchev–Trinajstić information content (AvgIpc) is 3.09. The molecule has 7 heteroatoms. The monoisotopic (exact) mass is 368 g/mol. The quantitative estimate of drug-likeness (QED) is 0.515. The third-order valence-corrected chi connectivity index (χ3v) is 5.87. The van der Waals surface area contributed by atoms with Crippen molar-refractivity contribution in [3.05, 3.63) is 64.4 Å². The van der Waals surface area contributed by atoms with E-state index in [-0.39, 0.29) is 5.56 Å². The Balaban J connectivity index is 1.76. The summed E-state index contributed by atoms with van der Waals surface area (Å²) in [7, 11) is 1.73. The highest BCUT2D eigenvalue weighted by atomic mass is 32.2. The van der Waals surface area contributed by atoms with Crippen LogP contribution >= 0.6 is 23.5 Å². The second-order valence-corrected chi connectivity index (χ2v) is 7.46. The van der Waals surface area contributed by atoms with Crippen molar-refractivity contribution in [2.24, 2.45) is 7.05 Å². The molecule has 5 nitrogen and oxygen atoms in total. The third kappa shape index (κ3) is 2.83. The molecule has 0 radical (unpaired) electrons. The molecule has 25 heavy (non-hydrogen) atoms. The van der Waals surface area contributed by atoms with Crippen LogP contribution in [0.2, 0.25) is 0 Å². The lowest BCUT2D eigenvalue weighted by molar-refractivity contribution is 0.853. The molecule has 0 aliphatic rings. The van der Waals surface area contributed by atoms with Gasteiger partial charge in [-0.15, -0.1) is 22.0 Å². The largest absolute Gasteiger partial charge is 0.279 e. The lowest BCUT2D eigenvalue weighted by atomic mass is 10.2. The maximum absolute atomic E-state index is 12.5. The number of thioether (sulfide) groups is 2. The van der Waals surface area contributed by atoms with E-state index in [0.29, 0.717) is 11.2 Å². The Hall–Kier alpha value is -2.25. The predicted molar refractivity (Wildman–Crippen MR) is 104 cm³/mol. The van der Waals surface area contributed by atoms with Gasteiger partial charge in [-0.2, -0.15) is 0 Å². The number of hydrogen-bond donors (Lipinski definition) is 0. The highest BCUT2D eigenvalue weighted by Crippen LogP contribution is 2.25. The summed E-state index contributed by atoms with van der Waals surface area (Å²) in [5.41, 5.74) is 2.01. The number of fused-ring (bicyclic) bond motifs is 3. The summed E-state index contributed by atoms with van der Waals surface area (Å²) in [6.45, 7) is 0. The summed E-state index contributed by atoms with van der Waals surface area (Å²) in [6.07, 6.45) is 2.07. The summed E-state index contributed by atoms with van der Waals surface area (Å²) in [5, 5.41) is 9.99. The fourth-order valence-corrected chi connectivity index (χ4v) is 4.08. The normalized spacial score (nSPS) is 11.4. The standard InChI is InChI=1S/C18H16N4OS2/c1-21-16(23)14-5-3-4-6-15(14)22-17(21)19-20-18(22)25-11-12-7-9-13(24-2)10-8-12/h3-10H,11H2,1-2H3. The topological polar surface area (TPSA) is 52.2 Å². The van der Waals surface area contributed by atoms with E-state index in [1.165, 1.54) is 10.5 Å². The van der Waals surface area contributed by atoms with Crippen LogP contribution in [0.15, 0.2) is 63.4 Å². The summed E-state index contributed by atoms with van der Waals surface area (Å²) in [6, 6.07) is 16.1. The zero-order valence-electron chi connectivity index (χ0n) is 13.8. The molecule has 0 N–H and O–H groups in total. The van der Waals surface area contributed by atoms with Crippen molar-refractivity contribution in [2.45, 2.75) is 15.8 Å². The van der Waals surface area contributed by atoms with Crippen molar-refractivity contribution in [3.63, 3.8) is 0 Å². The van der Waals surface area contributed by atoms with Crippen LogP contribution in [-0.2, 0) is 12.8 Å². The lowest BCUT2D eigenvalue weighted by Crippen LogP contribution is -2.20. The molecule has 0 aliphatic carbocycles. The summed E-state index contributed by atoms with van der Waals surface area (Å²) in [4.78, 5) is 13.7. The molecule has 2 aromatic carbocycles. The smallest absolute Gasteiger partial charge is 0.262 e. The highest BCUT2D eigenvalue weighted by molar-refractivity contribution is 7.98. The van der Waals surface area contributed by atoms with Crippen molar-refractivity contribution < 1.29 is 0 Å². The van der Waals surface area contributed by atoms with Gasteiger partial charge in [0.2, 0.25) is 5.78 Å². The minimum Gasteiger partial charge on any atom is -0.279 e. The van der Waals surface area contributed by atoms with E-state index in [1.807, 2.05) is 28.7 Å². The van der Waals surface area contributed by atoms with E-state index in [4.69, 9.17) is 0 Å². The molecule has 0 amide bonds. The molecular formula is C18H16N4OS2. The summed E-state index contributed by atoms with van der Waals surface area (Å²) >= 11 is 3.35. The molecule has 0 unspecified atom stereocenters. The number of aryl methyl sites for hydroxylation is 1. The molecule has 0 bridgehead atoms. The van der Waals surface area contributed by atoms with E-state index >= 15 is 0 Å². The van der Waals surface area contributed by atoms with E-state index in [9.17, 15) is 4.79 Å². The molecule has 2 heterocycles. The Morgan fingerprint density at radius 1 is 1.04 bits per heavy atom. The summed E-state index contributed by atoms with van der Waals surface area (Å²) in [5.74, 6) is 1.36. The number of rotatable bonds is 4. The Bertz CT molecular complexity index is 1120. The fourth-order valence-electron chi connectivity index (χ4n) is 2.77. The number of aromatic nitrogens is 4. The molecule has 126 valence electrons. The SMILES string of the molecule is CSc1ccc(CSc2nnc3n(C)c(=O)c4ccccc4n23)cc1. The van der Waals surface area contributed by atoms with Crippen LogP contribution in [0.25, 0.3) is 16.7 Å². The van der Waals surface area contributed by atoms with Crippen LogP contribution in [-0.4, -0.2) is 25.4 Å². The van der Waals surface area contributed by atoms with Crippen LogP contribution in [0.5, 0.6) is 0 Å². The first-order valence-corrected chi connectivity index (χ1v) is 9.98. The second kappa shape index (κ2) is 6.57. The van der Waals surface area contributed by atoms with Gasteiger partial charge in [0, 0.05) is 17.7 Å². The highest BCUT2D eigenvalue weighted by Gasteiger charge is 2.14. The molecule has 0 atom stereocenters. The van der Waals surface area contributed by atoms with Gasteiger partial charge in [-0.25, -0.2) is 0 Å². The Labute approximate surface area is 153 Å². The van der Waals surface area contributed by atoms with Gasteiger partial charge in [0.25, 0.3) is 5.56 Å². The van der Waals surface area contributed by atoms with E-state index in [0.717, 1.165) is 16.4 Å². The zero-order valence-corrected chi connectivity index (χ0v) is 15.5. The minimum atomic E-state index is -0.0558. The second-order valence-electron chi connectivity index (χ2n) is 5.64. The molecular weight excluding hydrogens is 352 g/mol. The summed E-state index contributed by atoms with van der Waals surface area (Å²) < 4.78 is 3.50. The molecule has 4 rings (SSSR count). The van der Waals surface area contributed by atoms with Gasteiger partial charge in [0.15, 0.2) is 5.16 Å². The molecule has 0 saturated heterocycles. The van der Waals surface area contributed by atoms with Gasteiger partial charge in [0.1, 0.15) is 0 Å². The van der Waals surface area contributed by atoms with Crippen LogP contribution in [0, 0.1) is 0 Å². The van der Waals surface area contributed by atoms with Gasteiger partial charge in [-0.3, -0.25) is 13.8 Å². The molecule has 0 spiro atoms. The van der Waals surface area contributed by atoms with Crippen LogP contribution in [0.4, 0.5) is 0 Å². The van der Waals surface area contributed by atoms with Crippen molar-refractivity contribution in [1.82, 2.24) is 19.2 Å². The van der Waals surface area contributed by atoms with Crippen molar-refractivity contribution in [1.29, 1.82) is 0 Å². The number of para-hydroxylation sites is 1. The number of hydrogen-bond acceptors (Lipinski definition) is 5. The number of benzene rings is 2. The van der Waals surface area contributed by atoms with Gasteiger partial charge >= 0.3 is 0 Å². The Morgan fingerprint density at radius 3 is 2.56 bits per heavy atom. The predicted octanol–water partition coefficient (Wildman–Crippen LogP) is 3.60. The van der Waals surface area contributed by atoms with E-state index < -0.39 is 0 Å². The first-order valence-electron chi connectivity index (χ1n) is 7.77. The average molecular weight is 368 g/mol. The van der Waals surface area contributed by atoms with Crippen LogP contribution < -0.4 is 5.56 Å². The molecule has 0 aliphatic heterocycles. The van der Waals surface area contributed by atoms with E-state index in [2.05, 4.69) is 40.7 Å². The maximum atomic E-state index is 12.5. The van der Waals surface area contributed by atoms with Gasteiger partial charge < -0.3 is 0 Å². The van der Waals surface area contributed by atoms with Crippen LogP contribution in [0.1, 0.15) is 5.56 Å². The third-order valence-electron chi connectivity index (χ3n) is 4.12. The molecule has 4 aromatic rings. The van der Waals surface area contributed by atoms with Gasteiger partial charge in [-0.05, 0) is 36.1 Å². The molecule has 0 fully saturated rings. The minimum absolute atomic E-state index is 0.0558. The van der Waals surface area contributed by atoms with E-state index in [1.54, 1.807) is 35.1 Å². The maximum Gasteiger partial charge on any atom is 0.262 e. The fraction of sp³-hybridized carbons (Fsp3) is 0.167. The molecule has 0 saturated carbocycles.